The van der Waals surface area contributed by atoms with Crippen LogP contribution in [0, 0.1) is 29.2 Å². The van der Waals surface area contributed by atoms with Gasteiger partial charge in [-0.3, -0.25) is 4.79 Å². The fourth-order valence-electron chi connectivity index (χ4n) is 2.53. The average molecular weight is 408 g/mol. The molecule has 0 radical (unpaired) electrons. The number of esters is 1. The van der Waals surface area contributed by atoms with Gasteiger partial charge in [0.15, 0.2) is 33.1 Å². The lowest BCUT2D eigenvalue weighted by Gasteiger charge is -2.14. The van der Waals surface area contributed by atoms with Gasteiger partial charge in [0, 0.05) is 6.42 Å². The van der Waals surface area contributed by atoms with Gasteiger partial charge in [0.25, 0.3) is 0 Å². The van der Waals surface area contributed by atoms with E-state index in [1.54, 1.807) is 0 Å². The van der Waals surface area contributed by atoms with Crippen molar-refractivity contribution in [1.82, 2.24) is 0 Å². The van der Waals surface area contributed by atoms with Crippen molar-refractivity contribution in [3.63, 3.8) is 0 Å². The second kappa shape index (κ2) is 7.05. The summed E-state index contributed by atoms with van der Waals surface area (Å²) in [6.45, 7) is -1.35. The van der Waals surface area contributed by atoms with E-state index in [-0.39, 0.29) is 17.9 Å². The van der Waals surface area contributed by atoms with Crippen LogP contribution in [0.1, 0.15) is 24.0 Å². The molecule has 4 nitrogen and oxygen atoms in total. The van der Waals surface area contributed by atoms with Crippen molar-refractivity contribution in [1.29, 1.82) is 0 Å². The van der Waals surface area contributed by atoms with E-state index < -0.39 is 75.3 Å². The number of alkyl halides is 3. The first kappa shape index (κ1) is 20.5. The molecule has 1 heterocycles. The van der Waals surface area contributed by atoms with Crippen LogP contribution in [-0.2, 0) is 32.2 Å². The number of ether oxygens (including phenoxy) is 1. The fraction of sp³-hybridized carbons (Fsp3) is 0.500. The molecule has 0 spiro atoms. The maximum Gasteiger partial charge on any atom is 0.422 e. The Morgan fingerprint density at radius 3 is 2.00 bits per heavy atom. The van der Waals surface area contributed by atoms with Crippen LogP contribution < -0.4 is 0 Å². The van der Waals surface area contributed by atoms with Crippen molar-refractivity contribution in [3.05, 3.63) is 34.4 Å². The Hall–Kier alpha value is -1.85. The third-order valence-corrected chi connectivity index (χ3v) is 5.63. The Morgan fingerprint density at radius 2 is 1.58 bits per heavy atom. The highest BCUT2D eigenvalue weighted by Crippen LogP contribution is 2.37. The van der Waals surface area contributed by atoms with Crippen molar-refractivity contribution in [2.24, 2.45) is 5.92 Å². The van der Waals surface area contributed by atoms with E-state index >= 15 is 0 Å². The number of benzene rings is 1. The van der Waals surface area contributed by atoms with E-state index in [1.165, 1.54) is 0 Å². The highest BCUT2D eigenvalue weighted by Gasteiger charge is 2.42. The van der Waals surface area contributed by atoms with Crippen LogP contribution in [0.25, 0.3) is 0 Å². The zero-order valence-corrected chi connectivity index (χ0v) is 13.6. The average Bonchev–Trinajstić information content (AvgIpc) is 2.82. The summed E-state index contributed by atoms with van der Waals surface area (Å²) in [5, 5.41) is 0. The van der Waals surface area contributed by atoms with E-state index in [2.05, 4.69) is 4.74 Å². The van der Waals surface area contributed by atoms with Gasteiger partial charge >= 0.3 is 12.1 Å². The standard InChI is InChI=1S/C14H11F7O4S/c15-10-7(11(16)13(18)9(12(10)17)14(19,20)21)4-25-8(22)3-6-1-2-26(23,24)5-6/h6H,1-5H2. The molecule has 0 aromatic heterocycles. The van der Waals surface area contributed by atoms with Crippen LogP contribution in [0.4, 0.5) is 30.7 Å². The Morgan fingerprint density at radius 1 is 1.04 bits per heavy atom. The molecule has 1 aromatic rings. The second-order valence-electron chi connectivity index (χ2n) is 5.74. The number of sulfone groups is 1. The number of hydrogen-bond donors (Lipinski definition) is 0. The maximum absolute atomic E-state index is 13.6. The molecule has 0 N–H and O–H groups in total. The molecule has 1 unspecified atom stereocenters. The smallest absolute Gasteiger partial charge is 0.422 e. The van der Waals surface area contributed by atoms with Gasteiger partial charge in [-0.2, -0.15) is 13.2 Å². The fourth-order valence-corrected chi connectivity index (χ4v) is 4.39. The number of carbonyl (C=O) groups is 1. The molecular formula is C14H11F7O4S. The zero-order valence-electron chi connectivity index (χ0n) is 12.8. The predicted octanol–water partition coefficient (Wildman–Crippen LogP) is 3.13. The van der Waals surface area contributed by atoms with Gasteiger partial charge in [-0.15, -0.1) is 0 Å². The highest BCUT2D eigenvalue weighted by atomic mass is 32.2. The second-order valence-corrected chi connectivity index (χ2v) is 7.97. The molecular weight excluding hydrogens is 397 g/mol. The van der Waals surface area contributed by atoms with E-state index in [0.29, 0.717) is 0 Å². The lowest BCUT2D eigenvalue weighted by molar-refractivity contribution is -0.147. The highest BCUT2D eigenvalue weighted by molar-refractivity contribution is 7.91. The van der Waals surface area contributed by atoms with Crippen molar-refractivity contribution >= 4 is 15.8 Å². The predicted molar refractivity (Wildman–Crippen MR) is 72.4 cm³/mol. The molecule has 26 heavy (non-hydrogen) atoms. The summed E-state index contributed by atoms with van der Waals surface area (Å²) in [6.07, 6.45) is -5.92. The number of carbonyl (C=O) groups excluding carboxylic acids is 1. The Labute approximate surface area is 142 Å². The van der Waals surface area contributed by atoms with Gasteiger partial charge in [0.1, 0.15) is 12.2 Å². The first-order chi connectivity index (χ1) is 11.8. The molecule has 1 aliphatic heterocycles. The normalized spacial score (nSPS) is 19.6. The molecule has 1 fully saturated rings. The Bertz CT molecular complexity index is 804. The molecule has 0 aliphatic carbocycles. The topological polar surface area (TPSA) is 60.4 Å². The van der Waals surface area contributed by atoms with Crippen molar-refractivity contribution in [2.75, 3.05) is 11.5 Å². The molecule has 146 valence electrons. The van der Waals surface area contributed by atoms with E-state index in [0.717, 1.165) is 0 Å². The molecule has 1 aromatic carbocycles. The van der Waals surface area contributed by atoms with Crippen molar-refractivity contribution < 1.29 is 48.7 Å². The van der Waals surface area contributed by atoms with Crippen LogP contribution >= 0.6 is 0 Å². The first-order valence-corrected chi connectivity index (χ1v) is 8.93. The van der Waals surface area contributed by atoms with Crippen LogP contribution in [0.3, 0.4) is 0 Å². The van der Waals surface area contributed by atoms with Gasteiger partial charge in [-0.05, 0) is 12.3 Å². The maximum atomic E-state index is 13.6. The summed E-state index contributed by atoms with van der Waals surface area (Å²) in [4.78, 5) is 11.6. The molecule has 1 aliphatic rings. The lowest BCUT2D eigenvalue weighted by atomic mass is 10.1. The third kappa shape index (κ3) is 4.27. The van der Waals surface area contributed by atoms with E-state index in [4.69, 9.17) is 0 Å². The van der Waals surface area contributed by atoms with Gasteiger partial charge in [-0.25, -0.2) is 26.0 Å². The largest absolute Gasteiger partial charge is 0.461 e. The van der Waals surface area contributed by atoms with Crippen molar-refractivity contribution in [3.8, 4) is 0 Å². The van der Waals surface area contributed by atoms with Crippen molar-refractivity contribution in [2.45, 2.75) is 25.6 Å². The minimum Gasteiger partial charge on any atom is -0.461 e. The number of rotatable bonds is 4. The molecule has 2 rings (SSSR count). The Kier molecular flexibility index (Phi) is 5.54. The monoisotopic (exact) mass is 408 g/mol. The number of hydrogen-bond acceptors (Lipinski definition) is 4. The quantitative estimate of drug-likeness (QED) is 0.437. The minimum atomic E-state index is -5.67. The van der Waals surface area contributed by atoms with Crippen LogP contribution in [-0.4, -0.2) is 25.9 Å². The molecule has 1 atom stereocenters. The Balaban J connectivity index is 2.14. The summed E-state index contributed by atoms with van der Waals surface area (Å²) in [5.41, 5.74) is -4.24. The van der Waals surface area contributed by atoms with Gasteiger partial charge in [0.2, 0.25) is 0 Å². The molecule has 0 bridgehead atoms. The molecule has 0 amide bonds. The summed E-state index contributed by atoms with van der Waals surface area (Å²) >= 11 is 0. The third-order valence-electron chi connectivity index (χ3n) is 3.80. The molecule has 0 saturated carbocycles. The minimum absolute atomic E-state index is 0.135. The summed E-state index contributed by atoms with van der Waals surface area (Å²) in [5.74, 6) is -12.1. The lowest BCUT2D eigenvalue weighted by Crippen LogP contribution is -2.19. The first-order valence-electron chi connectivity index (χ1n) is 7.11. The van der Waals surface area contributed by atoms with E-state index in [1.807, 2.05) is 0 Å². The van der Waals surface area contributed by atoms with Crippen LogP contribution in [0.2, 0.25) is 0 Å². The zero-order chi connectivity index (χ0) is 19.9. The summed E-state index contributed by atoms with van der Waals surface area (Å²) in [7, 11) is -3.29. The van der Waals surface area contributed by atoms with Gasteiger partial charge < -0.3 is 4.74 Å². The van der Waals surface area contributed by atoms with Gasteiger partial charge in [-0.1, -0.05) is 0 Å². The SMILES string of the molecule is O=C(CC1CCS(=O)(=O)C1)OCc1c(F)c(F)c(C(F)(F)F)c(F)c1F. The van der Waals surface area contributed by atoms with Crippen LogP contribution in [0.15, 0.2) is 0 Å². The van der Waals surface area contributed by atoms with Crippen LogP contribution in [0.5, 0.6) is 0 Å². The number of halogens is 7. The molecule has 12 heteroatoms. The molecule has 1 saturated heterocycles. The van der Waals surface area contributed by atoms with E-state index in [9.17, 15) is 43.9 Å². The summed E-state index contributed by atoms with van der Waals surface area (Å²) in [6, 6.07) is 0. The van der Waals surface area contributed by atoms with Gasteiger partial charge in [0.05, 0.1) is 17.1 Å². The summed E-state index contributed by atoms with van der Waals surface area (Å²) < 4.78 is 118.